The van der Waals surface area contributed by atoms with Gasteiger partial charge in [-0.2, -0.15) is 0 Å². The van der Waals surface area contributed by atoms with E-state index in [1.165, 1.54) is 4.90 Å². The Hall–Kier alpha value is -2.34. The fourth-order valence-electron chi connectivity index (χ4n) is 3.14. The van der Waals surface area contributed by atoms with Crippen molar-refractivity contribution < 1.29 is 14.0 Å². The van der Waals surface area contributed by atoms with E-state index < -0.39 is 0 Å². The van der Waals surface area contributed by atoms with Crippen LogP contribution in [-0.2, 0) is 0 Å². The number of piperidine rings is 1. The lowest BCUT2D eigenvalue weighted by Crippen LogP contribution is -2.38. The maximum absolute atomic E-state index is 12.6. The number of hydrogen-bond donors (Lipinski definition) is 0. The summed E-state index contributed by atoms with van der Waals surface area (Å²) in [4.78, 5) is 32.5. The Morgan fingerprint density at radius 2 is 1.88 bits per heavy atom. The molecule has 138 valence electrons. The van der Waals surface area contributed by atoms with Crippen LogP contribution in [0, 0.1) is 6.92 Å². The summed E-state index contributed by atoms with van der Waals surface area (Å²) in [6.45, 7) is 2.96. The van der Waals surface area contributed by atoms with E-state index in [0.717, 1.165) is 12.8 Å². The van der Waals surface area contributed by atoms with Gasteiger partial charge in [0.05, 0.1) is 10.6 Å². The highest BCUT2D eigenvalue weighted by molar-refractivity contribution is 6.33. The van der Waals surface area contributed by atoms with Crippen LogP contribution in [0.15, 0.2) is 28.7 Å². The largest absolute Gasteiger partial charge is 0.445 e. The monoisotopic (exact) mass is 375 g/mol. The maximum Gasteiger partial charge on any atom is 0.275 e. The minimum Gasteiger partial charge on any atom is -0.445 e. The van der Waals surface area contributed by atoms with Gasteiger partial charge in [-0.15, -0.1) is 0 Å². The number of hydrogen-bond acceptors (Lipinski definition) is 4. The summed E-state index contributed by atoms with van der Waals surface area (Å²) in [7, 11) is 3.38. The molecule has 0 unspecified atom stereocenters. The molecule has 2 aromatic rings. The van der Waals surface area contributed by atoms with E-state index in [1.54, 1.807) is 38.1 Å². The van der Waals surface area contributed by atoms with Gasteiger partial charge in [0.1, 0.15) is 5.76 Å². The van der Waals surface area contributed by atoms with Crippen LogP contribution in [0.1, 0.15) is 51.3 Å². The Morgan fingerprint density at radius 1 is 1.23 bits per heavy atom. The first-order valence-electron chi connectivity index (χ1n) is 8.61. The van der Waals surface area contributed by atoms with Gasteiger partial charge in [0, 0.05) is 33.1 Å². The Morgan fingerprint density at radius 3 is 2.50 bits per heavy atom. The minimum absolute atomic E-state index is 0.0545. The summed E-state index contributed by atoms with van der Waals surface area (Å²) in [6, 6.07) is 7.08. The summed E-state index contributed by atoms with van der Waals surface area (Å²) in [5.41, 5.74) is 0.887. The number of rotatable bonds is 3. The number of oxazole rings is 1. The molecule has 26 heavy (non-hydrogen) atoms. The molecule has 0 atom stereocenters. The van der Waals surface area contributed by atoms with Crippen molar-refractivity contribution >= 4 is 23.4 Å². The smallest absolute Gasteiger partial charge is 0.275 e. The van der Waals surface area contributed by atoms with E-state index in [2.05, 4.69) is 4.98 Å². The zero-order chi connectivity index (χ0) is 18.8. The van der Waals surface area contributed by atoms with Crippen LogP contribution in [0.3, 0.4) is 0 Å². The molecule has 6 nitrogen and oxygen atoms in total. The molecule has 1 aliphatic heterocycles. The van der Waals surface area contributed by atoms with Gasteiger partial charge >= 0.3 is 0 Å². The van der Waals surface area contributed by atoms with E-state index >= 15 is 0 Å². The number of benzene rings is 1. The third kappa shape index (κ3) is 3.60. The molecule has 7 heteroatoms. The van der Waals surface area contributed by atoms with Crippen LogP contribution >= 0.6 is 11.6 Å². The van der Waals surface area contributed by atoms with Gasteiger partial charge in [-0.25, -0.2) is 4.98 Å². The van der Waals surface area contributed by atoms with Gasteiger partial charge < -0.3 is 14.2 Å². The van der Waals surface area contributed by atoms with Gasteiger partial charge in [0.25, 0.3) is 11.8 Å². The van der Waals surface area contributed by atoms with Crippen LogP contribution < -0.4 is 0 Å². The van der Waals surface area contributed by atoms with Crippen molar-refractivity contribution in [3.63, 3.8) is 0 Å². The first kappa shape index (κ1) is 18.5. The molecule has 1 saturated heterocycles. The number of carbonyl (C=O) groups is 2. The highest BCUT2D eigenvalue weighted by Gasteiger charge is 2.29. The van der Waals surface area contributed by atoms with Crippen molar-refractivity contribution in [2.75, 3.05) is 27.2 Å². The molecule has 2 heterocycles. The van der Waals surface area contributed by atoms with E-state index in [0.29, 0.717) is 41.0 Å². The molecule has 0 saturated carbocycles. The van der Waals surface area contributed by atoms with E-state index in [-0.39, 0.29) is 17.7 Å². The maximum atomic E-state index is 12.6. The fourth-order valence-corrected chi connectivity index (χ4v) is 3.35. The lowest BCUT2D eigenvalue weighted by molar-refractivity contribution is 0.0706. The zero-order valence-electron chi connectivity index (χ0n) is 15.2. The minimum atomic E-state index is -0.163. The molecule has 2 amide bonds. The van der Waals surface area contributed by atoms with Crippen LogP contribution in [0.25, 0.3) is 0 Å². The Balaban J connectivity index is 1.68. The quantitative estimate of drug-likeness (QED) is 0.825. The van der Waals surface area contributed by atoms with Crippen LogP contribution in [-0.4, -0.2) is 53.8 Å². The predicted molar refractivity (Wildman–Crippen MR) is 98.6 cm³/mol. The molecule has 1 fully saturated rings. The number of amides is 2. The standard InChI is InChI=1S/C19H22ClN3O3/c1-12-16(19(25)22(2)3)21-17(26-12)13-8-10-23(11-9-13)18(24)14-6-4-5-7-15(14)20/h4-7,13H,8-11H2,1-3H3. The summed E-state index contributed by atoms with van der Waals surface area (Å²) in [6.07, 6.45) is 1.48. The van der Waals surface area contributed by atoms with Crippen molar-refractivity contribution in [1.29, 1.82) is 0 Å². The second-order valence-electron chi connectivity index (χ2n) is 6.70. The number of aryl methyl sites for hydroxylation is 1. The first-order chi connectivity index (χ1) is 12.4. The van der Waals surface area contributed by atoms with E-state index in [4.69, 9.17) is 16.0 Å². The van der Waals surface area contributed by atoms with Gasteiger partial charge in [0.2, 0.25) is 0 Å². The molecular formula is C19H22ClN3O3. The summed E-state index contributed by atoms with van der Waals surface area (Å²) >= 11 is 6.13. The molecule has 0 aliphatic carbocycles. The number of halogens is 1. The Labute approximate surface area is 157 Å². The van der Waals surface area contributed by atoms with Crippen LogP contribution in [0.2, 0.25) is 5.02 Å². The topological polar surface area (TPSA) is 66.7 Å². The van der Waals surface area contributed by atoms with Crippen molar-refractivity contribution in [3.8, 4) is 0 Å². The number of likely N-dealkylation sites (tertiary alicyclic amines) is 1. The summed E-state index contributed by atoms with van der Waals surface area (Å²) in [5.74, 6) is 1.00. The zero-order valence-corrected chi connectivity index (χ0v) is 15.9. The first-order valence-corrected chi connectivity index (χ1v) is 8.99. The van der Waals surface area contributed by atoms with Gasteiger partial charge in [-0.3, -0.25) is 9.59 Å². The second-order valence-corrected chi connectivity index (χ2v) is 7.11. The second kappa shape index (κ2) is 7.50. The number of aromatic nitrogens is 1. The van der Waals surface area contributed by atoms with E-state index in [1.807, 2.05) is 12.1 Å². The molecule has 1 aromatic heterocycles. The summed E-state index contributed by atoms with van der Waals surface area (Å²) in [5, 5.41) is 0.467. The molecule has 1 aliphatic rings. The fraction of sp³-hybridized carbons (Fsp3) is 0.421. The lowest BCUT2D eigenvalue weighted by atomic mass is 9.96. The van der Waals surface area contributed by atoms with Crippen LogP contribution in [0.5, 0.6) is 0 Å². The predicted octanol–water partition coefficient (Wildman–Crippen LogP) is 3.36. The van der Waals surface area contributed by atoms with Crippen LogP contribution in [0.4, 0.5) is 0 Å². The molecule has 3 rings (SSSR count). The molecule has 1 aromatic carbocycles. The third-order valence-corrected chi connectivity index (χ3v) is 4.99. The third-order valence-electron chi connectivity index (χ3n) is 4.66. The molecule has 0 radical (unpaired) electrons. The SMILES string of the molecule is Cc1oc(C2CCN(C(=O)c3ccccc3Cl)CC2)nc1C(=O)N(C)C. The van der Waals surface area contributed by atoms with Crippen molar-refractivity contribution in [1.82, 2.24) is 14.8 Å². The van der Waals surface area contributed by atoms with Crippen molar-refractivity contribution in [2.45, 2.75) is 25.7 Å². The normalized spacial score (nSPS) is 15.2. The number of carbonyl (C=O) groups excluding carboxylic acids is 2. The average Bonchev–Trinajstić information content (AvgIpc) is 3.02. The van der Waals surface area contributed by atoms with Gasteiger partial charge in [-0.05, 0) is 31.9 Å². The Bertz CT molecular complexity index is 823. The highest BCUT2D eigenvalue weighted by atomic mass is 35.5. The summed E-state index contributed by atoms with van der Waals surface area (Å²) < 4.78 is 5.74. The van der Waals surface area contributed by atoms with Gasteiger partial charge in [-0.1, -0.05) is 23.7 Å². The molecule has 0 bridgehead atoms. The van der Waals surface area contributed by atoms with E-state index in [9.17, 15) is 9.59 Å². The highest BCUT2D eigenvalue weighted by Crippen LogP contribution is 2.30. The van der Waals surface area contributed by atoms with Crippen molar-refractivity contribution in [3.05, 3.63) is 52.2 Å². The molecule has 0 N–H and O–H groups in total. The average molecular weight is 376 g/mol. The molecular weight excluding hydrogens is 354 g/mol. The number of nitrogens with zero attached hydrogens (tertiary/aromatic N) is 3. The van der Waals surface area contributed by atoms with Gasteiger partial charge in [0.15, 0.2) is 11.6 Å². The lowest BCUT2D eigenvalue weighted by Gasteiger charge is -2.30. The van der Waals surface area contributed by atoms with Crippen molar-refractivity contribution in [2.24, 2.45) is 0 Å². The Kier molecular flexibility index (Phi) is 5.32. The molecule has 0 spiro atoms.